The van der Waals surface area contributed by atoms with E-state index in [9.17, 15) is 14.0 Å². The number of hydrogen-bond acceptors (Lipinski definition) is 4. The minimum Gasteiger partial charge on any atom is -0.452 e. The maximum atomic E-state index is 13.7. The molecule has 0 fully saturated rings. The molecular formula is C20H15ClFNO3S. The van der Waals surface area contributed by atoms with E-state index in [2.05, 4.69) is 5.32 Å². The number of rotatable bonds is 6. The number of nitrogens with one attached hydrogen (secondary N) is 1. The van der Waals surface area contributed by atoms with Crippen LogP contribution in [0.3, 0.4) is 0 Å². The third-order valence-electron chi connectivity index (χ3n) is 3.75. The second-order valence-electron chi connectivity index (χ2n) is 5.63. The van der Waals surface area contributed by atoms with Crippen molar-refractivity contribution in [3.63, 3.8) is 0 Å². The molecule has 0 spiro atoms. The van der Waals surface area contributed by atoms with Crippen molar-refractivity contribution in [2.24, 2.45) is 0 Å². The van der Waals surface area contributed by atoms with Crippen molar-refractivity contribution in [3.8, 4) is 0 Å². The SMILES string of the molecule is O=C(COC(=O)c1cc(Cl)ccc1F)N[C@H](c1ccccc1)c1cccs1. The predicted octanol–water partition coefficient (Wildman–Crippen LogP) is 4.60. The summed E-state index contributed by atoms with van der Waals surface area (Å²) >= 11 is 7.27. The minimum atomic E-state index is -0.947. The number of ether oxygens (including phenoxy) is 1. The third kappa shape index (κ3) is 4.93. The van der Waals surface area contributed by atoms with Gasteiger partial charge in [-0.15, -0.1) is 11.3 Å². The molecule has 0 unspecified atom stereocenters. The summed E-state index contributed by atoms with van der Waals surface area (Å²) in [7, 11) is 0. The fourth-order valence-electron chi connectivity index (χ4n) is 2.49. The third-order valence-corrected chi connectivity index (χ3v) is 4.92. The molecule has 1 atom stereocenters. The minimum absolute atomic E-state index is 0.203. The molecule has 0 aliphatic heterocycles. The van der Waals surface area contributed by atoms with Crippen LogP contribution < -0.4 is 5.32 Å². The zero-order chi connectivity index (χ0) is 19.2. The molecule has 2 aromatic carbocycles. The molecule has 0 saturated carbocycles. The van der Waals surface area contributed by atoms with Gasteiger partial charge in [0, 0.05) is 9.90 Å². The van der Waals surface area contributed by atoms with Crippen molar-refractivity contribution in [2.45, 2.75) is 6.04 Å². The normalized spacial score (nSPS) is 11.6. The second-order valence-corrected chi connectivity index (χ2v) is 7.04. The summed E-state index contributed by atoms with van der Waals surface area (Å²) in [4.78, 5) is 25.3. The smallest absolute Gasteiger partial charge is 0.341 e. The average molecular weight is 404 g/mol. The molecule has 3 rings (SSSR count). The number of esters is 1. The molecule has 1 amide bonds. The van der Waals surface area contributed by atoms with Crippen LogP contribution in [0.5, 0.6) is 0 Å². The Morgan fingerprint density at radius 3 is 2.59 bits per heavy atom. The van der Waals surface area contributed by atoms with E-state index in [1.54, 1.807) is 0 Å². The van der Waals surface area contributed by atoms with Gasteiger partial charge in [-0.3, -0.25) is 4.79 Å². The maximum Gasteiger partial charge on any atom is 0.341 e. The molecular weight excluding hydrogens is 389 g/mol. The number of benzene rings is 2. The molecule has 0 bridgehead atoms. The van der Waals surface area contributed by atoms with E-state index in [4.69, 9.17) is 16.3 Å². The van der Waals surface area contributed by atoms with Gasteiger partial charge in [0.05, 0.1) is 11.6 Å². The van der Waals surface area contributed by atoms with E-state index in [1.807, 2.05) is 47.8 Å². The topological polar surface area (TPSA) is 55.4 Å². The summed E-state index contributed by atoms with van der Waals surface area (Å²) in [6.07, 6.45) is 0. The standard InChI is InChI=1S/C20H15ClFNO3S/c21-14-8-9-16(22)15(11-14)20(25)26-12-18(24)23-19(17-7-4-10-27-17)13-5-2-1-3-6-13/h1-11,19H,12H2,(H,23,24)/t19-/m1/s1. The number of amides is 1. The summed E-state index contributed by atoms with van der Waals surface area (Å²) in [6.45, 7) is -0.528. The van der Waals surface area contributed by atoms with Crippen LogP contribution in [0.25, 0.3) is 0 Å². The van der Waals surface area contributed by atoms with Crippen LogP contribution in [0.1, 0.15) is 26.8 Å². The van der Waals surface area contributed by atoms with Crippen molar-refractivity contribution < 1.29 is 18.7 Å². The van der Waals surface area contributed by atoms with Gasteiger partial charge in [0.1, 0.15) is 5.82 Å². The van der Waals surface area contributed by atoms with Gasteiger partial charge < -0.3 is 10.1 Å². The van der Waals surface area contributed by atoms with Gasteiger partial charge in [-0.25, -0.2) is 9.18 Å². The van der Waals surface area contributed by atoms with Gasteiger partial charge in [-0.1, -0.05) is 48.0 Å². The molecule has 0 saturated heterocycles. The van der Waals surface area contributed by atoms with Crippen LogP contribution in [-0.4, -0.2) is 18.5 Å². The van der Waals surface area contributed by atoms with Gasteiger partial charge in [-0.05, 0) is 35.2 Å². The summed E-state index contributed by atoms with van der Waals surface area (Å²) in [5.41, 5.74) is 0.591. The lowest BCUT2D eigenvalue weighted by molar-refractivity contribution is -0.124. The van der Waals surface area contributed by atoms with E-state index in [-0.39, 0.29) is 16.6 Å². The Kier molecular flexibility index (Phi) is 6.21. The zero-order valence-corrected chi connectivity index (χ0v) is 15.6. The molecule has 7 heteroatoms. The Bertz CT molecular complexity index is 932. The number of carbonyl (C=O) groups excluding carboxylic acids is 2. The highest BCUT2D eigenvalue weighted by atomic mass is 35.5. The Morgan fingerprint density at radius 1 is 1.11 bits per heavy atom. The average Bonchev–Trinajstić information content (AvgIpc) is 3.21. The van der Waals surface area contributed by atoms with E-state index >= 15 is 0 Å². The van der Waals surface area contributed by atoms with Crippen LogP contribution in [0.2, 0.25) is 5.02 Å². The van der Waals surface area contributed by atoms with Gasteiger partial charge in [0.15, 0.2) is 6.61 Å². The quantitative estimate of drug-likeness (QED) is 0.612. The number of thiophene rings is 1. The Labute approximate surface area is 164 Å². The van der Waals surface area contributed by atoms with Crippen molar-refractivity contribution >= 4 is 34.8 Å². The van der Waals surface area contributed by atoms with Crippen LogP contribution in [-0.2, 0) is 9.53 Å². The largest absolute Gasteiger partial charge is 0.452 e. The maximum absolute atomic E-state index is 13.7. The number of carbonyl (C=O) groups is 2. The molecule has 27 heavy (non-hydrogen) atoms. The Morgan fingerprint density at radius 2 is 1.89 bits per heavy atom. The summed E-state index contributed by atoms with van der Waals surface area (Å²) in [6, 6.07) is 16.4. The van der Waals surface area contributed by atoms with Gasteiger partial charge in [0.25, 0.3) is 5.91 Å². The molecule has 0 radical (unpaired) electrons. The van der Waals surface area contributed by atoms with Crippen molar-refractivity contribution in [1.29, 1.82) is 0 Å². The van der Waals surface area contributed by atoms with Crippen molar-refractivity contribution in [2.75, 3.05) is 6.61 Å². The number of halogens is 2. The van der Waals surface area contributed by atoms with Gasteiger partial charge in [0.2, 0.25) is 0 Å². The van der Waals surface area contributed by atoms with Gasteiger partial charge in [-0.2, -0.15) is 0 Å². The molecule has 138 valence electrons. The van der Waals surface area contributed by atoms with E-state index in [1.165, 1.54) is 17.4 Å². The van der Waals surface area contributed by atoms with Crippen LogP contribution in [0.15, 0.2) is 66.0 Å². The first kappa shape index (κ1) is 19.1. The van der Waals surface area contributed by atoms with E-state index < -0.39 is 24.3 Å². The predicted molar refractivity (Wildman–Crippen MR) is 102 cm³/mol. The molecule has 1 aromatic heterocycles. The molecule has 4 nitrogen and oxygen atoms in total. The Balaban J connectivity index is 1.66. The lowest BCUT2D eigenvalue weighted by Crippen LogP contribution is -2.32. The van der Waals surface area contributed by atoms with Crippen LogP contribution >= 0.6 is 22.9 Å². The summed E-state index contributed by atoms with van der Waals surface area (Å²) in [5.74, 6) is -2.20. The lowest BCUT2D eigenvalue weighted by atomic mass is 10.1. The highest BCUT2D eigenvalue weighted by molar-refractivity contribution is 7.10. The number of hydrogen-bond donors (Lipinski definition) is 1. The summed E-state index contributed by atoms with van der Waals surface area (Å²) < 4.78 is 18.6. The fourth-order valence-corrected chi connectivity index (χ4v) is 3.46. The molecule has 0 aliphatic carbocycles. The van der Waals surface area contributed by atoms with Gasteiger partial charge >= 0.3 is 5.97 Å². The fraction of sp³-hybridized carbons (Fsp3) is 0.100. The molecule has 0 aliphatic rings. The monoisotopic (exact) mass is 403 g/mol. The highest BCUT2D eigenvalue weighted by Crippen LogP contribution is 2.25. The summed E-state index contributed by atoms with van der Waals surface area (Å²) in [5, 5.41) is 4.96. The molecule has 3 aromatic rings. The van der Waals surface area contributed by atoms with Crippen molar-refractivity contribution in [3.05, 3.63) is 92.9 Å². The second kappa shape index (κ2) is 8.79. The first-order chi connectivity index (χ1) is 13.0. The lowest BCUT2D eigenvalue weighted by Gasteiger charge is -2.18. The van der Waals surface area contributed by atoms with Crippen LogP contribution in [0.4, 0.5) is 4.39 Å². The van der Waals surface area contributed by atoms with E-state index in [0.29, 0.717) is 0 Å². The first-order valence-electron chi connectivity index (χ1n) is 8.04. The zero-order valence-electron chi connectivity index (χ0n) is 14.0. The van der Waals surface area contributed by atoms with E-state index in [0.717, 1.165) is 22.6 Å². The first-order valence-corrected chi connectivity index (χ1v) is 9.30. The van der Waals surface area contributed by atoms with Crippen LogP contribution in [0, 0.1) is 5.82 Å². The molecule has 1 heterocycles. The molecule has 1 N–H and O–H groups in total. The highest BCUT2D eigenvalue weighted by Gasteiger charge is 2.20. The Hall–Kier alpha value is -2.70. The van der Waals surface area contributed by atoms with Crippen molar-refractivity contribution in [1.82, 2.24) is 5.32 Å².